The molecule has 1 aliphatic heterocycles. The first kappa shape index (κ1) is 23.9. The molecular formula is C25H28IN3O3. The maximum atomic E-state index is 5.80. The second kappa shape index (κ2) is 12.3. The summed E-state index contributed by atoms with van der Waals surface area (Å²) in [5.41, 5.74) is 4.62. The minimum Gasteiger partial charge on any atom is -0.454 e. The molecule has 32 heavy (non-hydrogen) atoms. The van der Waals surface area contributed by atoms with Crippen LogP contribution in [0.3, 0.4) is 0 Å². The van der Waals surface area contributed by atoms with Crippen LogP contribution in [0.25, 0.3) is 0 Å². The Morgan fingerprint density at radius 1 is 0.781 bits per heavy atom. The van der Waals surface area contributed by atoms with Crippen LogP contribution in [-0.4, -0.2) is 19.8 Å². The lowest BCUT2D eigenvalue weighted by molar-refractivity contribution is 0.107. The second-order valence-corrected chi connectivity index (χ2v) is 7.26. The fraction of sp³-hybridized carbons (Fsp3) is 0.240. The molecule has 0 fully saturated rings. The van der Waals surface area contributed by atoms with Gasteiger partial charge in [0.15, 0.2) is 17.5 Å². The molecule has 168 valence electrons. The lowest BCUT2D eigenvalue weighted by Crippen LogP contribution is -2.36. The fourth-order valence-electron chi connectivity index (χ4n) is 3.26. The molecule has 0 saturated heterocycles. The van der Waals surface area contributed by atoms with Crippen LogP contribution >= 0.6 is 24.0 Å². The van der Waals surface area contributed by atoms with Crippen LogP contribution < -0.4 is 20.1 Å². The normalized spacial score (nSPS) is 12.2. The predicted molar refractivity (Wildman–Crippen MR) is 136 cm³/mol. The second-order valence-electron chi connectivity index (χ2n) is 7.26. The van der Waals surface area contributed by atoms with E-state index < -0.39 is 0 Å². The lowest BCUT2D eigenvalue weighted by Gasteiger charge is -2.13. The van der Waals surface area contributed by atoms with Gasteiger partial charge < -0.3 is 24.8 Å². The zero-order valence-electron chi connectivity index (χ0n) is 18.0. The van der Waals surface area contributed by atoms with Gasteiger partial charge in [-0.05, 0) is 34.4 Å². The molecule has 2 N–H and O–H groups in total. The van der Waals surface area contributed by atoms with Crippen LogP contribution in [0.2, 0.25) is 0 Å². The Morgan fingerprint density at radius 3 is 2.09 bits per heavy atom. The third-order valence-corrected chi connectivity index (χ3v) is 4.98. The van der Waals surface area contributed by atoms with E-state index in [4.69, 9.17) is 14.2 Å². The number of halogens is 1. The Balaban J connectivity index is 0.00000289. The van der Waals surface area contributed by atoms with Crippen molar-refractivity contribution in [3.8, 4) is 11.5 Å². The largest absolute Gasteiger partial charge is 0.454 e. The molecule has 1 aliphatic rings. The Kier molecular flexibility index (Phi) is 9.18. The van der Waals surface area contributed by atoms with Crippen molar-refractivity contribution in [1.29, 1.82) is 0 Å². The number of fused-ring (bicyclic) bond motifs is 1. The summed E-state index contributed by atoms with van der Waals surface area (Å²) < 4.78 is 16.6. The van der Waals surface area contributed by atoms with Gasteiger partial charge >= 0.3 is 0 Å². The molecule has 0 aliphatic carbocycles. The Morgan fingerprint density at radius 2 is 1.38 bits per heavy atom. The van der Waals surface area contributed by atoms with Gasteiger partial charge in [-0.2, -0.15) is 0 Å². The molecule has 0 saturated carbocycles. The molecule has 0 atom stereocenters. The molecule has 0 radical (unpaired) electrons. The Labute approximate surface area is 206 Å². The summed E-state index contributed by atoms with van der Waals surface area (Å²) in [6.45, 7) is 2.84. The summed E-state index contributed by atoms with van der Waals surface area (Å²) in [6, 6.07) is 24.6. The zero-order chi connectivity index (χ0) is 21.3. The summed E-state index contributed by atoms with van der Waals surface area (Å²) >= 11 is 0. The summed E-state index contributed by atoms with van der Waals surface area (Å²) in [4.78, 5) is 4.30. The van der Waals surface area contributed by atoms with E-state index in [0.717, 1.165) is 28.6 Å². The Hall–Kier alpha value is -2.78. The minimum atomic E-state index is 0. The average Bonchev–Trinajstić information content (AvgIpc) is 3.29. The maximum absolute atomic E-state index is 5.80. The van der Waals surface area contributed by atoms with Gasteiger partial charge in [0.2, 0.25) is 6.79 Å². The van der Waals surface area contributed by atoms with E-state index in [-0.39, 0.29) is 30.8 Å². The standard InChI is InChI=1S/C25H27N3O3.HI/c1-26-25(28-15-22-11-12-23-24(13-22)31-18-30-23)27-14-19-7-9-21(10-8-19)17-29-16-20-5-3-2-4-6-20;/h2-13H,14-18H2,1H3,(H2,26,27,28);1H. The van der Waals surface area contributed by atoms with Crippen molar-refractivity contribution in [3.05, 3.63) is 95.1 Å². The van der Waals surface area contributed by atoms with Gasteiger partial charge in [-0.1, -0.05) is 60.7 Å². The molecule has 3 aromatic carbocycles. The first-order chi connectivity index (χ1) is 15.3. The molecule has 0 amide bonds. The number of hydrogen-bond donors (Lipinski definition) is 2. The molecule has 0 aromatic heterocycles. The summed E-state index contributed by atoms with van der Waals surface area (Å²) in [7, 11) is 1.77. The molecule has 0 spiro atoms. The van der Waals surface area contributed by atoms with Crippen molar-refractivity contribution in [3.63, 3.8) is 0 Å². The van der Waals surface area contributed by atoms with E-state index in [0.29, 0.717) is 26.3 Å². The highest BCUT2D eigenvalue weighted by atomic mass is 127. The van der Waals surface area contributed by atoms with Crippen molar-refractivity contribution in [2.45, 2.75) is 26.3 Å². The van der Waals surface area contributed by atoms with Gasteiger partial charge in [-0.15, -0.1) is 24.0 Å². The molecule has 0 bridgehead atoms. The van der Waals surface area contributed by atoms with Gasteiger partial charge in [0, 0.05) is 20.1 Å². The molecule has 3 aromatic rings. The topological polar surface area (TPSA) is 64.1 Å². The van der Waals surface area contributed by atoms with Crippen molar-refractivity contribution < 1.29 is 14.2 Å². The Bertz CT molecular complexity index is 1010. The van der Waals surface area contributed by atoms with Crippen LogP contribution in [0, 0.1) is 0 Å². The maximum Gasteiger partial charge on any atom is 0.231 e. The van der Waals surface area contributed by atoms with Gasteiger partial charge in [0.25, 0.3) is 0 Å². The number of hydrogen-bond acceptors (Lipinski definition) is 4. The number of benzene rings is 3. The summed E-state index contributed by atoms with van der Waals surface area (Å²) in [5, 5.41) is 6.67. The third kappa shape index (κ3) is 6.86. The highest BCUT2D eigenvalue weighted by Crippen LogP contribution is 2.32. The number of nitrogens with one attached hydrogen (secondary N) is 2. The first-order valence-electron chi connectivity index (χ1n) is 10.3. The van der Waals surface area contributed by atoms with Crippen molar-refractivity contribution in [1.82, 2.24) is 10.6 Å². The van der Waals surface area contributed by atoms with Crippen molar-refractivity contribution in [2.75, 3.05) is 13.8 Å². The third-order valence-electron chi connectivity index (χ3n) is 4.98. The highest BCUT2D eigenvalue weighted by molar-refractivity contribution is 14.0. The van der Waals surface area contributed by atoms with Gasteiger partial charge in [-0.25, -0.2) is 0 Å². The number of aliphatic imine (C=N–C) groups is 1. The van der Waals surface area contributed by atoms with Crippen molar-refractivity contribution in [2.24, 2.45) is 4.99 Å². The number of rotatable bonds is 8. The molecule has 4 rings (SSSR count). The van der Waals surface area contributed by atoms with E-state index >= 15 is 0 Å². The fourth-order valence-corrected chi connectivity index (χ4v) is 3.26. The minimum absolute atomic E-state index is 0. The van der Waals surface area contributed by atoms with Crippen LogP contribution in [0.1, 0.15) is 22.3 Å². The summed E-state index contributed by atoms with van der Waals surface area (Å²) in [6.07, 6.45) is 0. The zero-order valence-corrected chi connectivity index (χ0v) is 20.4. The average molecular weight is 545 g/mol. The van der Waals surface area contributed by atoms with Crippen LogP contribution in [-0.2, 0) is 31.0 Å². The smallest absolute Gasteiger partial charge is 0.231 e. The van der Waals surface area contributed by atoms with E-state index in [2.05, 4.69) is 52.0 Å². The molecule has 6 nitrogen and oxygen atoms in total. The molecule has 7 heteroatoms. The highest BCUT2D eigenvalue weighted by Gasteiger charge is 2.13. The van der Waals surface area contributed by atoms with Crippen LogP contribution in [0.5, 0.6) is 11.5 Å². The van der Waals surface area contributed by atoms with Crippen LogP contribution in [0.15, 0.2) is 77.8 Å². The van der Waals surface area contributed by atoms with E-state index in [1.807, 2.05) is 36.4 Å². The molecule has 1 heterocycles. The predicted octanol–water partition coefficient (Wildman–Crippen LogP) is 4.62. The van der Waals surface area contributed by atoms with Gasteiger partial charge in [0.05, 0.1) is 13.2 Å². The van der Waals surface area contributed by atoms with E-state index in [1.165, 1.54) is 11.1 Å². The van der Waals surface area contributed by atoms with Crippen molar-refractivity contribution >= 4 is 29.9 Å². The molecule has 0 unspecified atom stereocenters. The van der Waals surface area contributed by atoms with E-state index in [9.17, 15) is 0 Å². The van der Waals surface area contributed by atoms with E-state index in [1.54, 1.807) is 7.05 Å². The van der Waals surface area contributed by atoms with Gasteiger partial charge in [-0.3, -0.25) is 4.99 Å². The lowest BCUT2D eigenvalue weighted by atomic mass is 10.1. The van der Waals surface area contributed by atoms with Crippen LogP contribution in [0.4, 0.5) is 0 Å². The monoisotopic (exact) mass is 545 g/mol. The number of nitrogens with zero attached hydrogens (tertiary/aromatic N) is 1. The summed E-state index contributed by atoms with van der Waals surface area (Å²) in [5.74, 6) is 2.32. The quantitative estimate of drug-likeness (QED) is 0.246. The first-order valence-corrected chi connectivity index (χ1v) is 10.3. The molecular weight excluding hydrogens is 517 g/mol. The number of guanidine groups is 1. The SMILES string of the molecule is CN=C(NCc1ccc(COCc2ccccc2)cc1)NCc1ccc2c(c1)OCO2.I. The number of ether oxygens (including phenoxy) is 3. The van der Waals surface area contributed by atoms with Gasteiger partial charge in [0.1, 0.15) is 0 Å².